The van der Waals surface area contributed by atoms with E-state index in [1.807, 2.05) is 0 Å². The van der Waals surface area contributed by atoms with Gasteiger partial charge in [-0.15, -0.1) is 0 Å². The van der Waals surface area contributed by atoms with Crippen molar-refractivity contribution in [3.05, 3.63) is 42.0 Å². The van der Waals surface area contributed by atoms with Crippen molar-refractivity contribution in [2.75, 3.05) is 19.7 Å². The summed E-state index contributed by atoms with van der Waals surface area (Å²) in [6.07, 6.45) is 0. The lowest BCUT2D eigenvalue weighted by Crippen LogP contribution is -2.24. The fourth-order valence-electron chi connectivity index (χ4n) is 3.23. The predicted molar refractivity (Wildman–Crippen MR) is 68.5 cm³/mol. The summed E-state index contributed by atoms with van der Waals surface area (Å²) < 4.78 is 5.91. The second-order valence-corrected chi connectivity index (χ2v) is 5.03. The lowest BCUT2D eigenvalue weighted by atomic mass is 9.84. The van der Waals surface area contributed by atoms with E-state index in [1.165, 1.54) is 16.3 Å². The summed E-state index contributed by atoms with van der Waals surface area (Å²) in [5.41, 5.74) is 1.42. The molecule has 17 heavy (non-hydrogen) atoms. The van der Waals surface area contributed by atoms with Crippen molar-refractivity contribution in [1.29, 1.82) is 0 Å². The Bertz CT molecular complexity index is 578. The second kappa shape index (κ2) is 3.47. The van der Waals surface area contributed by atoms with Crippen LogP contribution in [0.2, 0.25) is 0 Å². The van der Waals surface area contributed by atoms with E-state index in [-0.39, 0.29) is 0 Å². The van der Waals surface area contributed by atoms with Crippen molar-refractivity contribution >= 4 is 10.8 Å². The van der Waals surface area contributed by atoms with Crippen molar-refractivity contribution in [3.8, 4) is 5.75 Å². The maximum atomic E-state index is 5.91. The number of rotatable bonds is 0. The van der Waals surface area contributed by atoms with Crippen LogP contribution >= 0.6 is 0 Å². The van der Waals surface area contributed by atoms with Gasteiger partial charge in [-0.1, -0.05) is 30.3 Å². The predicted octanol–water partition coefficient (Wildman–Crippen LogP) is 2.54. The maximum absolute atomic E-state index is 5.91. The molecule has 86 valence electrons. The Morgan fingerprint density at radius 2 is 2.00 bits per heavy atom. The minimum atomic E-state index is 0.629. The van der Waals surface area contributed by atoms with Crippen LogP contribution in [0, 0.1) is 5.92 Å². The fraction of sp³-hybridized carbons (Fsp3) is 0.333. The van der Waals surface area contributed by atoms with Crippen LogP contribution in [0.5, 0.6) is 5.75 Å². The monoisotopic (exact) mass is 225 g/mol. The van der Waals surface area contributed by atoms with E-state index >= 15 is 0 Å². The van der Waals surface area contributed by atoms with Crippen molar-refractivity contribution in [2.24, 2.45) is 5.92 Å². The largest absolute Gasteiger partial charge is 0.493 e. The van der Waals surface area contributed by atoms with Gasteiger partial charge < -0.3 is 10.1 Å². The highest BCUT2D eigenvalue weighted by Gasteiger charge is 2.35. The summed E-state index contributed by atoms with van der Waals surface area (Å²) in [7, 11) is 0. The Hall–Kier alpha value is -1.54. The molecule has 0 unspecified atom stereocenters. The van der Waals surface area contributed by atoms with Gasteiger partial charge in [0, 0.05) is 30.5 Å². The van der Waals surface area contributed by atoms with Gasteiger partial charge in [0.15, 0.2) is 0 Å². The Kier molecular flexibility index (Phi) is 1.94. The summed E-state index contributed by atoms with van der Waals surface area (Å²) in [4.78, 5) is 0. The van der Waals surface area contributed by atoms with Gasteiger partial charge in [0.25, 0.3) is 0 Å². The number of hydrogen-bond acceptors (Lipinski definition) is 2. The van der Waals surface area contributed by atoms with Crippen molar-refractivity contribution < 1.29 is 4.74 Å². The molecule has 0 spiro atoms. The zero-order chi connectivity index (χ0) is 11.2. The fourth-order valence-corrected chi connectivity index (χ4v) is 3.23. The molecule has 2 aliphatic rings. The SMILES string of the molecule is c1ccc2c3c(ccc2c1)OC[C@@H]1CNC[C@@H]31. The highest BCUT2D eigenvalue weighted by Crippen LogP contribution is 2.42. The van der Waals surface area contributed by atoms with Crippen molar-refractivity contribution in [1.82, 2.24) is 5.32 Å². The minimum absolute atomic E-state index is 0.629. The van der Waals surface area contributed by atoms with Gasteiger partial charge in [0.2, 0.25) is 0 Å². The van der Waals surface area contributed by atoms with Gasteiger partial charge >= 0.3 is 0 Å². The second-order valence-electron chi connectivity index (χ2n) is 5.03. The molecule has 1 fully saturated rings. The van der Waals surface area contributed by atoms with Crippen LogP contribution in [0.1, 0.15) is 11.5 Å². The average Bonchev–Trinajstić information content (AvgIpc) is 2.86. The first-order chi connectivity index (χ1) is 8.43. The number of ether oxygens (including phenoxy) is 1. The molecule has 2 aromatic rings. The molecule has 0 aliphatic carbocycles. The lowest BCUT2D eigenvalue weighted by molar-refractivity contribution is 0.221. The molecule has 0 radical (unpaired) electrons. The lowest BCUT2D eigenvalue weighted by Gasteiger charge is -2.29. The first-order valence-electron chi connectivity index (χ1n) is 6.28. The van der Waals surface area contributed by atoms with Crippen LogP contribution in [0.4, 0.5) is 0 Å². The molecular weight excluding hydrogens is 210 g/mol. The Balaban J connectivity index is 2.01. The number of benzene rings is 2. The first kappa shape index (κ1) is 9.49. The molecule has 4 rings (SSSR count). The van der Waals surface area contributed by atoms with Crippen LogP contribution in [0.15, 0.2) is 36.4 Å². The molecular formula is C15H15NO. The summed E-state index contributed by atoms with van der Waals surface area (Å²) in [6, 6.07) is 12.9. The third-order valence-corrected chi connectivity index (χ3v) is 4.09. The Morgan fingerprint density at radius 1 is 1.06 bits per heavy atom. The van der Waals surface area contributed by atoms with Gasteiger partial charge in [0.05, 0.1) is 6.61 Å². The standard InChI is InChI=1S/C15H15NO/c1-2-4-12-10(3-1)5-6-14-15(12)13-8-16-7-11(13)9-17-14/h1-6,11,13,16H,7-9H2/t11-,13+/m0/s1. The first-order valence-corrected chi connectivity index (χ1v) is 6.28. The molecule has 2 aliphatic heterocycles. The molecule has 2 heterocycles. The zero-order valence-electron chi connectivity index (χ0n) is 9.65. The minimum Gasteiger partial charge on any atom is -0.493 e. The van der Waals surface area contributed by atoms with Crippen LogP contribution in [-0.2, 0) is 0 Å². The molecule has 1 N–H and O–H groups in total. The topological polar surface area (TPSA) is 21.3 Å². The molecule has 0 bridgehead atoms. The van der Waals surface area contributed by atoms with E-state index in [1.54, 1.807) is 0 Å². The molecule has 1 saturated heterocycles. The molecule has 0 saturated carbocycles. The quantitative estimate of drug-likeness (QED) is 0.744. The molecule has 0 aromatic heterocycles. The maximum Gasteiger partial charge on any atom is 0.123 e. The van der Waals surface area contributed by atoms with Crippen LogP contribution in [0.25, 0.3) is 10.8 Å². The Labute approximate surface area is 101 Å². The van der Waals surface area contributed by atoms with E-state index in [0.717, 1.165) is 25.4 Å². The highest BCUT2D eigenvalue weighted by molar-refractivity contribution is 5.88. The normalized spacial score (nSPS) is 26.4. The molecule has 2 atom stereocenters. The third-order valence-electron chi connectivity index (χ3n) is 4.09. The molecule has 2 heteroatoms. The van der Waals surface area contributed by atoms with Gasteiger partial charge in [0.1, 0.15) is 5.75 Å². The summed E-state index contributed by atoms with van der Waals surface area (Å²) >= 11 is 0. The van der Waals surface area contributed by atoms with Crippen molar-refractivity contribution in [2.45, 2.75) is 5.92 Å². The van der Waals surface area contributed by atoms with Gasteiger partial charge in [-0.3, -0.25) is 0 Å². The van der Waals surface area contributed by atoms with Crippen LogP contribution in [0.3, 0.4) is 0 Å². The zero-order valence-corrected chi connectivity index (χ0v) is 9.65. The van der Waals surface area contributed by atoms with Crippen LogP contribution in [-0.4, -0.2) is 19.7 Å². The third kappa shape index (κ3) is 1.31. The number of hydrogen-bond donors (Lipinski definition) is 1. The van der Waals surface area contributed by atoms with E-state index in [9.17, 15) is 0 Å². The average molecular weight is 225 g/mol. The van der Waals surface area contributed by atoms with E-state index in [2.05, 4.69) is 41.7 Å². The van der Waals surface area contributed by atoms with Crippen molar-refractivity contribution in [3.63, 3.8) is 0 Å². The molecule has 2 aromatic carbocycles. The Morgan fingerprint density at radius 3 is 3.00 bits per heavy atom. The van der Waals surface area contributed by atoms with Gasteiger partial charge in [-0.05, 0) is 16.8 Å². The smallest absolute Gasteiger partial charge is 0.123 e. The highest BCUT2D eigenvalue weighted by atomic mass is 16.5. The number of nitrogens with one attached hydrogen (secondary N) is 1. The van der Waals surface area contributed by atoms with E-state index < -0.39 is 0 Å². The van der Waals surface area contributed by atoms with Gasteiger partial charge in [-0.25, -0.2) is 0 Å². The molecule has 0 amide bonds. The summed E-state index contributed by atoms with van der Waals surface area (Å²) in [5, 5.41) is 6.18. The van der Waals surface area contributed by atoms with E-state index in [4.69, 9.17) is 4.74 Å². The van der Waals surface area contributed by atoms with Gasteiger partial charge in [-0.2, -0.15) is 0 Å². The summed E-state index contributed by atoms with van der Waals surface area (Å²) in [5.74, 6) is 2.37. The number of fused-ring (bicyclic) bond motifs is 5. The van der Waals surface area contributed by atoms with Crippen LogP contribution < -0.4 is 10.1 Å². The molecule has 2 nitrogen and oxygen atoms in total. The van der Waals surface area contributed by atoms with E-state index in [0.29, 0.717) is 11.8 Å². The summed E-state index contributed by atoms with van der Waals surface area (Å²) in [6.45, 7) is 3.05.